The Hall–Kier alpha value is -3.11. The second-order valence-corrected chi connectivity index (χ2v) is 5.64. The number of hydrogen-bond donors (Lipinski definition) is 1. The van der Waals surface area contributed by atoms with Crippen molar-refractivity contribution < 1.29 is 37.1 Å². The first-order chi connectivity index (χ1) is 12.6. The number of hydrogen-bond acceptors (Lipinski definition) is 5. The molecule has 27 heavy (non-hydrogen) atoms. The quantitative estimate of drug-likeness (QED) is 0.594. The fourth-order valence-electron chi connectivity index (χ4n) is 2.23. The zero-order valence-corrected chi connectivity index (χ0v) is 14.4. The van der Waals surface area contributed by atoms with Crippen LogP contribution in [0.2, 0.25) is 0 Å². The number of anilines is 1. The molecule has 0 atom stereocenters. The van der Waals surface area contributed by atoms with Crippen molar-refractivity contribution >= 4 is 29.4 Å². The predicted octanol–water partition coefficient (Wildman–Crippen LogP) is 1.85. The normalized spacial score (nSPS) is 14.8. The summed E-state index contributed by atoms with van der Waals surface area (Å²) in [5.41, 5.74) is -1.27. The van der Waals surface area contributed by atoms with Gasteiger partial charge in [0.25, 0.3) is 0 Å². The average Bonchev–Trinajstić information content (AvgIpc) is 2.77. The summed E-state index contributed by atoms with van der Waals surface area (Å²) in [4.78, 5) is 47.9. The number of urea groups is 1. The summed E-state index contributed by atoms with van der Waals surface area (Å²) in [5, 5.41) is 2.19. The molecule has 1 N–H and O–H groups in total. The molecule has 0 aliphatic carbocycles. The van der Waals surface area contributed by atoms with Gasteiger partial charge in [-0.1, -0.05) is 6.92 Å². The van der Waals surface area contributed by atoms with Gasteiger partial charge in [-0.3, -0.25) is 19.3 Å². The maximum Gasteiger partial charge on any atom is 0.416 e. The van der Waals surface area contributed by atoms with Crippen molar-refractivity contribution in [3.8, 4) is 5.75 Å². The molecule has 2 rings (SSSR count). The molecule has 11 heteroatoms. The van der Waals surface area contributed by atoms with Crippen LogP contribution in [0.25, 0.3) is 0 Å². The summed E-state index contributed by atoms with van der Waals surface area (Å²) >= 11 is 0. The van der Waals surface area contributed by atoms with Crippen LogP contribution < -0.4 is 10.1 Å². The van der Waals surface area contributed by atoms with Gasteiger partial charge in [-0.15, -0.1) is 0 Å². The Morgan fingerprint density at radius 3 is 2.37 bits per heavy atom. The number of ether oxygens (including phenoxy) is 1. The van der Waals surface area contributed by atoms with Gasteiger partial charge in [0.05, 0.1) is 17.9 Å². The molecular formula is C16H16F3N3O5. The summed E-state index contributed by atoms with van der Waals surface area (Å²) < 4.78 is 44.0. The third kappa shape index (κ3) is 4.36. The van der Waals surface area contributed by atoms with Gasteiger partial charge in [-0.05, 0) is 24.6 Å². The molecule has 0 unspecified atom stereocenters. The Morgan fingerprint density at radius 2 is 1.85 bits per heavy atom. The molecule has 0 spiro atoms. The third-order valence-corrected chi connectivity index (χ3v) is 3.59. The van der Waals surface area contributed by atoms with Crippen molar-refractivity contribution in [2.75, 3.05) is 25.5 Å². The van der Waals surface area contributed by atoms with E-state index in [1.165, 1.54) is 0 Å². The van der Waals surface area contributed by atoms with Crippen molar-refractivity contribution in [1.29, 1.82) is 0 Å². The highest BCUT2D eigenvalue weighted by Crippen LogP contribution is 2.35. The van der Waals surface area contributed by atoms with Crippen molar-refractivity contribution in [1.82, 2.24) is 9.80 Å². The number of carbonyl (C=O) groups is 4. The van der Waals surface area contributed by atoms with Crippen LogP contribution in [-0.4, -0.2) is 53.8 Å². The maximum atomic E-state index is 12.9. The molecule has 1 aromatic carbocycles. The van der Waals surface area contributed by atoms with Gasteiger partial charge in [0.15, 0.2) is 0 Å². The number of likely N-dealkylation sites (N-methyl/N-ethyl adjacent to an activating group) is 1. The van der Waals surface area contributed by atoms with Crippen LogP contribution in [0, 0.1) is 0 Å². The summed E-state index contributed by atoms with van der Waals surface area (Å²) in [6, 6.07) is 1.57. The van der Waals surface area contributed by atoms with Gasteiger partial charge < -0.3 is 10.1 Å². The number of nitrogens with zero attached hydrogens (tertiary/aromatic N) is 2. The van der Waals surface area contributed by atoms with Gasteiger partial charge >= 0.3 is 24.0 Å². The first-order valence-electron chi connectivity index (χ1n) is 7.83. The molecule has 1 fully saturated rings. The zero-order valence-electron chi connectivity index (χ0n) is 14.4. The van der Waals surface area contributed by atoms with E-state index in [1.807, 2.05) is 0 Å². The number of amides is 5. The third-order valence-electron chi connectivity index (χ3n) is 3.59. The summed E-state index contributed by atoms with van der Waals surface area (Å²) in [5.74, 6) is -3.24. The second kappa shape index (κ2) is 7.64. The minimum Gasteiger partial charge on any atom is -0.491 e. The molecule has 1 aromatic rings. The van der Waals surface area contributed by atoms with Crippen molar-refractivity contribution in [3.63, 3.8) is 0 Å². The summed E-state index contributed by atoms with van der Waals surface area (Å²) in [6.07, 6.45) is -4.06. The van der Waals surface area contributed by atoms with E-state index in [2.05, 4.69) is 5.32 Å². The SMILES string of the molecule is CCCOc1ccc(C(F)(F)F)cc1NC(=O)CN1C(=O)C(=O)N(C)C1=O. The smallest absolute Gasteiger partial charge is 0.416 e. The average molecular weight is 387 g/mol. The minimum absolute atomic E-state index is 0.00506. The maximum absolute atomic E-state index is 12.9. The van der Waals surface area contributed by atoms with E-state index < -0.39 is 42.0 Å². The summed E-state index contributed by atoms with van der Waals surface area (Å²) in [6.45, 7) is 1.17. The molecule has 1 aliphatic heterocycles. The monoisotopic (exact) mass is 387 g/mol. The lowest BCUT2D eigenvalue weighted by molar-refractivity contribution is -0.143. The van der Waals surface area contributed by atoms with Crippen LogP contribution in [0.3, 0.4) is 0 Å². The molecule has 146 valence electrons. The highest BCUT2D eigenvalue weighted by atomic mass is 19.4. The van der Waals surface area contributed by atoms with E-state index in [4.69, 9.17) is 4.74 Å². The molecule has 1 saturated heterocycles. The fraction of sp³-hybridized carbons (Fsp3) is 0.375. The number of rotatable bonds is 6. The van der Waals surface area contributed by atoms with Crippen LogP contribution >= 0.6 is 0 Å². The lowest BCUT2D eigenvalue weighted by atomic mass is 10.1. The first-order valence-corrected chi connectivity index (χ1v) is 7.83. The molecule has 0 radical (unpaired) electrons. The van der Waals surface area contributed by atoms with Gasteiger partial charge in [0.1, 0.15) is 12.3 Å². The van der Waals surface area contributed by atoms with Crippen LogP contribution in [0.15, 0.2) is 18.2 Å². The Morgan fingerprint density at radius 1 is 1.19 bits per heavy atom. The topological polar surface area (TPSA) is 96.0 Å². The second-order valence-electron chi connectivity index (χ2n) is 5.64. The number of alkyl halides is 3. The minimum atomic E-state index is -4.64. The van der Waals surface area contributed by atoms with Crippen LogP contribution in [0.4, 0.5) is 23.7 Å². The van der Waals surface area contributed by atoms with E-state index in [-0.39, 0.29) is 18.0 Å². The molecule has 8 nitrogen and oxygen atoms in total. The summed E-state index contributed by atoms with van der Waals surface area (Å²) in [7, 11) is 1.07. The Kier molecular flexibility index (Phi) is 5.72. The largest absolute Gasteiger partial charge is 0.491 e. The molecule has 0 aromatic heterocycles. The number of imide groups is 2. The lowest BCUT2D eigenvalue weighted by Gasteiger charge is -2.17. The Bertz CT molecular complexity index is 794. The molecule has 0 saturated carbocycles. The van der Waals surface area contributed by atoms with E-state index in [1.54, 1.807) is 6.92 Å². The standard InChI is InChI=1S/C16H16F3N3O5/c1-3-6-27-11-5-4-9(16(17,18)19)7-10(11)20-12(23)8-22-14(25)13(24)21(2)15(22)26/h4-5,7H,3,6,8H2,1-2H3,(H,20,23). The van der Waals surface area contributed by atoms with Crippen LogP contribution in [0.5, 0.6) is 5.75 Å². The van der Waals surface area contributed by atoms with Gasteiger partial charge in [0.2, 0.25) is 5.91 Å². The first kappa shape index (κ1) is 20.2. The van der Waals surface area contributed by atoms with Crippen molar-refractivity contribution in [2.45, 2.75) is 19.5 Å². The van der Waals surface area contributed by atoms with E-state index in [9.17, 15) is 32.3 Å². The van der Waals surface area contributed by atoms with Crippen LogP contribution in [-0.2, 0) is 20.6 Å². The zero-order chi connectivity index (χ0) is 20.4. The van der Waals surface area contributed by atoms with Gasteiger partial charge in [-0.2, -0.15) is 13.2 Å². The van der Waals surface area contributed by atoms with E-state index in [0.29, 0.717) is 22.3 Å². The Labute approximate surface area is 151 Å². The Balaban J connectivity index is 2.21. The lowest BCUT2D eigenvalue weighted by Crippen LogP contribution is -2.38. The number of carbonyl (C=O) groups excluding carboxylic acids is 4. The number of benzene rings is 1. The highest BCUT2D eigenvalue weighted by Gasteiger charge is 2.43. The van der Waals surface area contributed by atoms with Gasteiger partial charge in [0, 0.05) is 7.05 Å². The number of nitrogens with one attached hydrogen (secondary N) is 1. The van der Waals surface area contributed by atoms with Crippen molar-refractivity contribution in [3.05, 3.63) is 23.8 Å². The highest BCUT2D eigenvalue weighted by molar-refractivity contribution is 6.44. The van der Waals surface area contributed by atoms with Crippen molar-refractivity contribution in [2.24, 2.45) is 0 Å². The van der Waals surface area contributed by atoms with E-state index >= 15 is 0 Å². The molecular weight excluding hydrogens is 371 g/mol. The van der Waals surface area contributed by atoms with E-state index in [0.717, 1.165) is 19.2 Å². The number of halogens is 3. The molecule has 0 bridgehead atoms. The molecule has 1 aliphatic rings. The fourth-order valence-corrected chi connectivity index (χ4v) is 2.23. The molecule has 5 amide bonds. The van der Waals surface area contributed by atoms with Crippen LogP contribution in [0.1, 0.15) is 18.9 Å². The predicted molar refractivity (Wildman–Crippen MR) is 85.7 cm³/mol. The van der Waals surface area contributed by atoms with Gasteiger partial charge in [-0.25, -0.2) is 9.69 Å². The molecule has 1 heterocycles.